The lowest BCUT2D eigenvalue weighted by Crippen LogP contribution is -2.34. The van der Waals surface area contributed by atoms with Crippen molar-refractivity contribution in [2.75, 3.05) is 0 Å². The number of aromatic nitrogens is 3. The first-order valence-electron chi connectivity index (χ1n) is 7.83. The van der Waals surface area contributed by atoms with Gasteiger partial charge in [0.2, 0.25) is 5.91 Å². The molecule has 0 bridgehead atoms. The largest absolute Gasteiger partial charge is 0.347 e. The molecule has 1 heterocycles. The molecule has 0 saturated carbocycles. The quantitative estimate of drug-likeness (QED) is 0.857. The molecule has 23 heavy (non-hydrogen) atoms. The van der Waals surface area contributed by atoms with Crippen molar-refractivity contribution in [3.8, 4) is 11.4 Å². The van der Waals surface area contributed by atoms with Crippen LogP contribution in [0, 0.1) is 5.92 Å². The molecule has 0 fully saturated rings. The number of carbonyl (C=O) groups is 1. The van der Waals surface area contributed by atoms with E-state index < -0.39 is 6.04 Å². The summed E-state index contributed by atoms with van der Waals surface area (Å²) in [5.74, 6) is 0.597. The summed E-state index contributed by atoms with van der Waals surface area (Å²) in [5, 5.41) is 11.0. The summed E-state index contributed by atoms with van der Waals surface area (Å²) in [6.45, 7) is 5.84. The minimum atomic E-state index is -0.428. The number of benzene rings is 1. The number of amides is 1. The third-order valence-electron chi connectivity index (χ3n) is 3.44. The number of rotatable bonds is 6. The summed E-state index contributed by atoms with van der Waals surface area (Å²) in [5.41, 5.74) is 0.709. The van der Waals surface area contributed by atoms with Gasteiger partial charge in [0, 0.05) is 12.0 Å². The molecule has 2 aromatic rings. The van der Waals surface area contributed by atoms with Crippen molar-refractivity contribution >= 4 is 5.91 Å². The van der Waals surface area contributed by atoms with E-state index in [0.717, 1.165) is 5.56 Å². The van der Waals surface area contributed by atoms with E-state index in [9.17, 15) is 9.59 Å². The number of hydrogen-bond acceptors (Lipinski definition) is 4. The van der Waals surface area contributed by atoms with Crippen molar-refractivity contribution in [3.05, 3.63) is 46.4 Å². The zero-order valence-corrected chi connectivity index (χ0v) is 13.7. The van der Waals surface area contributed by atoms with Gasteiger partial charge in [-0.1, -0.05) is 51.1 Å². The van der Waals surface area contributed by atoms with E-state index in [1.165, 1.54) is 0 Å². The molecule has 1 atom stereocenters. The molecule has 6 nitrogen and oxygen atoms in total. The fourth-order valence-corrected chi connectivity index (χ4v) is 2.29. The summed E-state index contributed by atoms with van der Waals surface area (Å²) in [6, 6.07) is 8.89. The second-order valence-electron chi connectivity index (χ2n) is 5.88. The van der Waals surface area contributed by atoms with Gasteiger partial charge in [-0.3, -0.25) is 9.59 Å². The number of nitrogens with one attached hydrogen (secondary N) is 2. The van der Waals surface area contributed by atoms with Crippen LogP contribution >= 0.6 is 0 Å². The maximum atomic E-state index is 12.3. The van der Waals surface area contributed by atoms with Crippen LogP contribution in [-0.4, -0.2) is 21.1 Å². The average molecular weight is 314 g/mol. The Labute approximate surface area is 135 Å². The highest BCUT2D eigenvalue weighted by molar-refractivity contribution is 5.76. The Morgan fingerprint density at radius 2 is 1.91 bits per heavy atom. The number of aromatic amines is 1. The predicted molar refractivity (Wildman–Crippen MR) is 88.7 cm³/mol. The first-order chi connectivity index (χ1) is 11.0. The number of hydrogen-bond donors (Lipinski definition) is 2. The molecule has 0 saturated heterocycles. The summed E-state index contributed by atoms with van der Waals surface area (Å²) < 4.78 is 0. The SMILES string of the molecule is CCC(NC(=O)CC(C)C)c1nnc(-c2ccccc2)[nH]c1=O. The summed E-state index contributed by atoms with van der Waals surface area (Å²) in [4.78, 5) is 27.0. The van der Waals surface area contributed by atoms with Gasteiger partial charge in [-0.05, 0) is 12.3 Å². The molecule has 0 aliphatic carbocycles. The van der Waals surface area contributed by atoms with Crippen molar-refractivity contribution in [1.82, 2.24) is 20.5 Å². The van der Waals surface area contributed by atoms with Gasteiger partial charge >= 0.3 is 0 Å². The third kappa shape index (κ3) is 4.48. The minimum absolute atomic E-state index is 0.0832. The Morgan fingerprint density at radius 3 is 2.48 bits per heavy atom. The van der Waals surface area contributed by atoms with E-state index >= 15 is 0 Å². The average Bonchev–Trinajstić information content (AvgIpc) is 2.53. The van der Waals surface area contributed by atoms with Gasteiger partial charge in [-0.2, -0.15) is 0 Å². The van der Waals surface area contributed by atoms with Gasteiger partial charge in [0.25, 0.3) is 5.56 Å². The highest BCUT2D eigenvalue weighted by atomic mass is 16.2. The van der Waals surface area contributed by atoms with Crippen molar-refractivity contribution in [1.29, 1.82) is 0 Å². The highest BCUT2D eigenvalue weighted by Gasteiger charge is 2.19. The van der Waals surface area contributed by atoms with Crippen LogP contribution in [0.2, 0.25) is 0 Å². The van der Waals surface area contributed by atoms with E-state index in [2.05, 4.69) is 20.5 Å². The first kappa shape index (κ1) is 16.9. The normalized spacial score (nSPS) is 12.2. The lowest BCUT2D eigenvalue weighted by atomic mass is 10.1. The molecule has 0 spiro atoms. The monoisotopic (exact) mass is 314 g/mol. The Kier molecular flexibility index (Phi) is 5.62. The topological polar surface area (TPSA) is 87.7 Å². The van der Waals surface area contributed by atoms with Crippen LogP contribution in [0.15, 0.2) is 35.1 Å². The summed E-state index contributed by atoms with van der Waals surface area (Å²) in [6.07, 6.45) is 0.996. The zero-order valence-electron chi connectivity index (χ0n) is 13.7. The first-order valence-corrected chi connectivity index (χ1v) is 7.83. The zero-order chi connectivity index (χ0) is 16.8. The Bertz CT molecular complexity index is 710. The number of H-pyrrole nitrogens is 1. The minimum Gasteiger partial charge on any atom is -0.347 e. The fourth-order valence-electron chi connectivity index (χ4n) is 2.29. The molecule has 2 N–H and O–H groups in total. The molecule has 1 aromatic carbocycles. The van der Waals surface area contributed by atoms with Gasteiger partial charge in [0.1, 0.15) is 0 Å². The van der Waals surface area contributed by atoms with Gasteiger partial charge < -0.3 is 10.3 Å². The molecule has 0 radical (unpaired) electrons. The van der Waals surface area contributed by atoms with Crippen LogP contribution < -0.4 is 10.9 Å². The highest BCUT2D eigenvalue weighted by Crippen LogP contribution is 2.14. The standard InChI is InChI=1S/C17H22N4O2/c1-4-13(18-14(22)10-11(2)3)15-17(23)19-16(21-20-15)12-8-6-5-7-9-12/h5-9,11,13H,4,10H2,1-3H3,(H,18,22)(H,19,21,23). The number of nitrogens with zero attached hydrogens (tertiary/aromatic N) is 2. The Hall–Kier alpha value is -2.50. The van der Waals surface area contributed by atoms with Crippen LogP contribution in [-0.2, 0) is 4.79 Å². The fraction of sp³-hybridized carbons (Fsp3) is 0.412. The maximum Gasteiger partial charge on any atom is 0.275 e. The molecule has 1 amide bonds. The Balaban J connectivity index is 2.22. The van der Waals surface area contributed by atoms with Crippen LogP contribution in [0.1, 0.15) is 45.3 Å². The lowest BCUT2D eigenvalue weighted by Gasteiger charge is -2.16. The molecule has 0 aliphatic rings. The molecule has 6 heteroatoms. The van der Waals surface area contributed by atoms with E-state index in [4.69, 9.17) is 0 Å². The van der Waals surface area contributed by atoms with Gasteiger partial charge in [0.05, 0.1) is 6.04 Å². The summed E-state index contributed by atoms with van der Waals surface area (Å²) in [7, 11) is 0. The van der Waals surface area contributed by atoms with Crippen LogP contribution in [0.3, 0.4) is 0 Å². The van der Waals surface area contributed by atoms with Crippen LogP contribution in [0.5, 0.6) is 0 Å². The van der Waals surface area contributed by atoms with Crippen LogP contribution in [0.4, 0.5) is 0 Å². The molecular weight excluding hydrogens is 292 g/mol. The lowest BCUT2D eigenvalue weighted by molar-refractivity contribution is -0.122. The Morgan fingerprint density at radius 1 is 1.22 bits per heavy atom. The van der Waals surface area contributed by atoms with E-state index in [1.807, 2.05) is 51.1 Å². The second-order valence-corrected chi connectivity index (χ2v) is 5.88. The second kappa shape index (κ2) is 7.67. The molecule has 2 rings (SSSR count). The molecule has 1 unspecified atom stereocenters. The van der Waals surface area contributed by atoms with Gasteiger partial charge in [-0.25, -0.2) is 0 Å². The van der Waals surface area contributed by atoms with E-state index in [0.29, 0.717) is 18.7 Å². The molecule has 122 valence electrons. The van der Waals surface area contributed by atoms with Gasteiger partial charge in [-0.15, -0.1) is 10.2 Å². The van der Waals surface area contributed by atoms with Crippen molar-refractivity contribution in [3.63, 3.8) is 0 Å². The van der Waals surface area contributed by atoms with E-state index in [-0.39, 0.29) is 23.1 Å². The molecule has 0 aliphatic heterocycles. The van der Waals surface area contributed by atoms with E-state index in [1.54, 1.807) is 0 Å². The van der Waals surface area contributed by atoms with Gasteiger partial charge in [0.15, 0.2) is 11.5 Å². The smallest absolute Gasteiger partial charge is 0.275 e. The maximum absolute atomic E-state index is 12.3. The predicted octanol–water partition coefficient (Wildman–Crippen LogP) is 2.45. The molecular formula is C17H22N4O2. The van der Waals surface area contributed by atoms with Crippen molar-refractivity contribution in [2.45, 2.75) is 39.7 Å². The van der Waals surface area contributed by atoms with Crippen LogP contribution in [0.25, 0.3) is 11.4 Å². The third-order valence-corrected chi connectivity index (χ3v) is 3.44. The number of carbonyl (C=O) groups excluding carboxylic acids is 1. The van der Waals surface area contributed by atoms with Crippen molar-refractivity contribution < 1.29 is 4.79 Å². The summed E-state index contributed by atoms with van der Waals surface area (Å²) >= 11 is 0. The van der Waals surface area contributed by atoms with Crippen molar-refractivity contribution in [2.24, 2.45) is 5.92 Å². The molecule has 1 aromatic heterocycles.